The van der Waals surface area contributed by atoms with Crippen molar-refractivity contribution in [2.24, 2.45) is 0 Å². The number of anilines is 6. The van der Waals surface area contributed by atoms with E-state index in [2.05, 4.69) is 244 Å². The van der Waals surface area contributed by atoms with Crippen molar-refractivity contribution in [2.75, 3.05) is 9.80 Å². The number of benzene rings is 9. The first-order valence-corrected chi connectivity index (χ1v) is 21.1. The van der Waals surface area contributed by atoms with Gasteiger partial charge in [-0.15, -0.1) is 0 Å². The Morgan fingerprint density at radius 3 is 1.70 bits per heavy atom. The van der Waals surface area contributed by atoms with Gasteiger partial charge in [-0.25, -0.2) is 0 Å². The Bertz CT molecular complexity index is 3100. The maximum absolute atomic E-state index is 2.54. The summed E-state index contributed by atoms with van der Waals surface area (Å²) in [6, 6.07) is 76.2. The Balaban J connectivity index is 1.15. The van der Waals surface area contributed by atoms with Crippen LogP contribution in [0.15, 0.2) is 206 Å². The Labute approximate surface area is 353 Å². The van der Waals surface area contributed by atoms with Gasteiger partial charge in [0, 0.05) is 38.8 Å². The van der Waals surface area contributed by atoms with Crippen molar-refractivity contribution in [3.8, 4) is 33.4 Å². The van der Waals surface area contributed by atoms with Crippen LogP contribution in [-0.2, 0) is 10.8 Å². The average Bonchev–Trinajstić information content (AvgIpc) is 3.52. The minimum atomic E-state index is -0.297. The minimum Gasteiger partial charge on any atom is -0.310 e. The van der Waals surface area contributed by atoms with Crippen molar-refractivity contribution in [3.63, 3.8) is 0 Å². The van der Waals surface area contributed by atoms with Gasteiger partial charge in [0.05, 0.1) is 17.1 Å². The molecular weight excluding hydrogens is 725 g/mol. The number of para-hydroxylation sites is 1. The molecule has 2 aliphatic rings. The normalized spacial score (nSPS) is 14.2. The molecular formula is C58H46N2. The molecule has 0 saturated carbocycles. The van der Waals surface area contributed by atoms with Gasteiger partial charge in [0.15, 0.2) is 0 Å². The van der Waals surface area contributed by atoms with Crippen LogP contribution in [0.25, 0.3) is 44.2 Å². The van der Waals surface area contributed by atoms with E-state index in [0.717, 1.165) is 17.1 Å². The number of hydrogen-bond donors (Lipinski definition) is 0. The van der Waals surface area contributed by atoms with E-state index in [0.29, 0.717) is 0 Å². The van der Waals surface area contributed by atoms with Gasteiger partial charge in [0.25, 0.3) is 0 Å². The highest BCUT2D eigenvalue weighted by atomic mass is 15.2. The van der Waals surface area contributed by atoms with Crippen molar-refractivity contribution in [1.29, 1.82) is 0 Å². The van der Waals surface area contributed by atoms with Crippen LogP contribution in [0.4, 0.5) is 34.1 Å². The lowest BCUT2D eigenvalue weighted by Gasteiger charge is -2.43. The lowest BCUT2D eigenvalue weighted by Crippen LogP contribution is -2.31. The molecule has 0 N–H and O–H groups in total. The van der Waals surface area contributed by atoms with Gasteiger partial charge in [-0.2, -0.15) is 0 Å². The Kier molecular flexibility index (Phi) is 8.22. The van der Waals surface area contributed by atoms with Crippen LogP contribution >= 0.6 is 0 Å². The molecule has 0 bridgehead atoms. The lowest BCUT2D eigenvalue weighted by atomic mass is 9.73. The van der Waals surface area contributed by atoms with E-state index in [4.69, 9.17) is 0 Å². The topological polar surface area (TPSA) is 6.48 Å². The van der Waals surface area contributed by atoms with Gasteiger partial charge in [-0.1, -0.05) is 185 Å². The molecule has 1 aliphatic carbocycles. The number of nitrogens with zero attached hydrogens (tertiary/aromatic N) is 2. The second-order valence-corrected chi connectivity index (χ2v) is 17.4. The number of rotatable bonds is 6. The maximum atomic E-state index is 2.54. The summed E-state index contributed by atoms with van der Waals surface area (Å²) < 4.78 is 0. The number of hydrogen-bond acceptors (Lipinski definition) is 2. The van der Waals surface area contributed by atoms with Crippen LogP contribution in [0.3, 0.4) is 0 Å². The average molecular weight is 771 g/mol. The van der Waals surface area contributed by atoms with E-state index in [-0.39, 0.29) is 10.8 Å². The molecule has 0 atom stereocenters. The second kappa shape index (κ2) is 13.7. The zero-order chi connectivity index (χ0) is 40.6. The van der Waals surface area contributed by atoms with Crippen LogP contribution in [0.5, 0.6) is 0 Å². The summed E-state index contributed by atoms with van der Waals surface area (Å²) in [5, 5.41) is 2.45. The van der Waals surface area contributed by atoms with Crippen LogP contribution in [0.2, 0.25) is 0 Å². The molecule has 0 unspecified atom stereocenters. The SMILES string of the molecule is CC1(C)c2ccccc2-c2ccc(N(c3cccc(-c4ccccc4)c3)c3ccc4c(c3)C(C)(C)c3ccccc3N4c3c(-c4ccccc4)ccc4ccccc34)cc21. The van der Waals surface area contributed by atoms with Crippen LogP contribution in [-0.4, -0.2) is 0 Å². The molecule has 0 saturated heterocycles. The molecule has 0 fully saturated rings. The third-order valence-electron chi connectivity index (χ3n) is 13.2. The van der Waals surface area contributed by atoms with Crippen molar-refractivity contribution in [1.82, 2.24) is 0 Å². The van der Waals surface area contributed by atoms with Crippen LogP contribution in [0.1, 0.15) is 49.9 Å². The summed E-state index contributed by atoms with van der Waals surface area (Å²) >= 11 is 0. The summed E-state index contributed by atoms with van der Waals surface area (Å²) in [5.41, 5.74) is 19.3. The molecule has 9 aromatic carbocycles. The first kappa shape index (κ1) is 36.0. The molecule has 2 nitrogen and oxygen atoms in total. The van der Waals surface area contributed by atoms with Gasteiger partial charge in [-0.05, 0) is 104 Å². The third kappa shape index (κ3) is 5.55. The van der Waals surface area contributed by atoms with Gasteiger partial charge < -0.3 is 9.80 Å². The van der Waals surface area contributed by atoms with Gasteiger partial charge in [0.2, 0.25) is 0 Å². The molecule has 11 rings (SSSR count). The van der Waals surface area contributed by atoms with Crippen molar-refractivity contribution in [3.05, 3.63) is 229 Å². The van der Waals surface area contributed by atoms with E-state index >= 15 is 0 Å². The Morgan fingerprint density at radius 2 is 0.900 bits per heavy atom. The van der Waals surface area contributed by atoms with Gasteiger partial charge >= 0.3 is 0 Å². The first-order chi connectivity index (χ1) is 29.3. The monoisotopic (exact) mass is 770 g/mol. The van der Waals surface area contributed by atoms with Crippen LogP contribution < -0.4 is 9.80 Å². The van der Waals surface area contributed by atoms with E-state index in [1.54, 1.807) is 0 Å². The maximum Gasteiger partial charge on any atom is 0.0618 e. The molecule has 0 amide bonds. The van der Waals surface area contributed by atoms with Crippen LogP contribution in [0, 0.1) is 0 Å². The molecule has 0 radical (unpaired) electrons. The fraction of sp³-hybridized carbons (Fsp3) is 0.103. The minimum absolute atomic E-state index is 0.129. The highest BCUT2D eigenvalue weighted by molar-refractivity contribution is 6.07. The van der Waals surface area contributed by atoms with E-state index in [1.165, 1.54) is 83.5 Å². The third-order valence-corrected chi connectivity index (χ3v) is 13.2. The van der Waals surface area contributed by atoms with Crippen molar-refractivity contribution >= 4 is 44.9 Å². The molecule has 288 valence electrons. The molecule has 0 aromatic heterocycles. The van der Waals surface area contributed by atoms with E-state index < -0.39 is 0 Å². The molecule has 0 spiro atoms. The van der Waals surface area contributed by atoms with Crippen molar-refractivity contribution < 1.29 is 0 Å². The fourth-order valence-electron chi connectivity index (χ4n) is 10.2. The molecule has 9 aromatic rings. The quantitative estimate of drug-likeness (QED) is 0.166. The van der Waals surface area contributed by atoms with Gasteiger partial charge in [-0.3, -0.25) is 0 Å². The molecule has 1 aliphatic heterocycles. The summed E-state index contributed by atoms with van der Waals surface area (Å²) in [6.07, 6.45) is 0. The van der Waals surface area contributed by atoms with E-state index in [1.807, 2.05) is 0 Å². The highest BCUT2D eigenvalue weighted by Crippen LogP contribution is 2.57. The zero-order valence-electron chi connectivity index (χ0n) is 34.5. The summed E-state index contributed by atoms with van der Waals surface area (Å²) in [6.45, 7) is 9.52. The van der Waals surface area contributed by atoms with Gasteiger partial charge in [0.1, 0.15) is 0 Å². The Hall–Kier alpha value is -7.16. The fourth-order valence-corrected chi connectivity index (χ4v) is 10.2. The predicted molar refractivity (Wildman–Crippen MR) is 254 cm³/mol. The first-order valence-electron chi connectivity index (χ1n) is 21.1. The molecule has 60 heavy (non-hydrogen) atoms. The Morgan fingerprint density at radius 1 is 0.350 bits per heavy atom. The largest absolute Gasteiger partial charge is 0.310 e. The second-order valence-electron chi connectivity index (χ2n) is 17.4. The lowest BCUT2D eigenvalue weighted by molar-refractivity contribution is 0.632. The number of fused-ring (bicyclic) bond motifs is 6. The zero-order valence-corrected chi connectivity index (χ0v) is 34.5. The highest BCUT2D eigenvalue weighted by Gasteiger charge is 2.39. The molecule has 1 heterocycles. The smallest absolute Gasteiger partial charge is 0.0618 e. The molecule has 2 heteroatoms. The standard InChI is InChI=1S/C58H46N2/c1-57(2)50-27-14-13-26-48(50)49-34-31-44(37-52(49)57)59(43-24-17-23-42(36-43)39-18-7-5-8-19-39)45-32-35-55-53(38-45)58(3,4)51-28-15-16-29-54(51)60(55)56-46-25-12-11-22-41(46)30-33-47(56)40-20-9-6-10-21-40/h5-38H,1-4H3. The van der Waals surface area contributed by atoms with E-state index in [9.17, 15) is 0 Å². The predicted octanol–water partition coefficient (Wildman–Crippen LogP) is 16.1. The summed E-state index contributed by atoms with van der Waals surface area (Å²) in [7, 11) is 0. The van der Waals surface area contributed by atoms with Crippen molar-refractivity contribution in [2.45, 2.75) is 38.5 Å². The summed E-state index contributed by atoms with van der Waals surface area (Å²) in [5.74, 6) is 0. The summed E-state index contributed by atoms with van der Waals surface area (Å²) in [4.78, 5) is 5.01.